The fourth-order valence-electron chi connectivity index (χ4n) is 2.24. The normalized spacial score (nSPS) is 10.6. The topological polar surface area (TPSA) is 21.3 Å². The molecule has 0 atom stereocenters. The molecule has 0 heterocycles. The van der Waals surface area contributed by atoms with Crippen LogP contribution in [0.15, 0.2) is 48.5 Å². The fourth-order valence-corrected chi connectivity index (χ4v) is 2.24. The van der Waals surface area contributed by atoms with Gasteiger partial charge >= 0.3 is 0 Å². The standard InChI is InChI=1S/C19H25NO/c1-3-5-8-16-11-13-18(14-12-16)21-19-10-7-6-9-17(19)15-20-4-2/h6-7,9-14,20H,3-5,8,15H2,1-2H3. The van der Waals surface area contributed by atoms with Crippen molar-refractivity contribution in [1.82, 2.24) is 5.32 Å². The molecule has 0 radical (unpaired) electrons. The lowest BCUT2D eigenvalue weighted by atomic mass is 10.1. The first kappa shape index (κ1) is 15.6. The van der Waals surface area contributed by atoms with Crippen LogP contribution in [0.3, 0.4) is 0 Å². The fraction of sp³-hybridized carbons (Fsp3) is 0.368. The Labute approximate surface area is 128 Å². The van der Waals surface area contributed by atoms with Gasteiger partial charge in [-0.2, -0.15) is 0 Å². The van der Waals surface area contributed by atoms with Crippen molar-refractivity contribution in [2.24, 2.45) is 0 Å². The van der Waals surface area contributed by atoms with Crippen molar-refractivity contribution in [1.29, 1.82) is 0 Å². The summed E-state index contributed by atoms with van der Waals surface area (Å²) in [7, 11) is 0. The van der Waals surface area contributed by atoms with Gasteiger partial charge in [-0.05, 0) is 43.1 Å². The van der Waals surface area contributed by atoms with Crippen LogP contribution in [0.25, 0.3) is 0 Å². The van der Waals surface area contributed by atoms with Crippen molar-refractivity contribution in [3.8, 4) is 11.5 Å². The summed E-state index contributed by atoms with van der Waals surface area (Å²) in [6.07, 6.45) is 3.62. The van der Waals surface area contributed by atoms with E-state index in [4.69, 9.17) is 4.74 Å². The van der Waals surface area contributed by atoms with Gasteiger partial charge in [-0.3, -0.25) is 0 Å². The molecule has 0 spiro atoms. The second kappa shape index (κ2) is 8.48. The van der Waals surface area contributed by atoms with E-state index in [0.29, 0.717) is 0 Å². The van der Waals surface area contributed by atoms with Gasteiger partial charge in [0, 0.05) is 12.1 Å². The molecule has 0 aliphatic carbocycles. The Bertz CT molecular complexity index is 534. The first-order valence-electron chi connectivity index (χ1n) is 7.89. The van der Waals surface area contributed by atoms with Gasteiger partial charge < -0.3 is 10.1 Å². The first-order chi connectivity index (χ1) is 10.3. The van der Waals surface area contributed by atoms with Gasteiger partial charge in [0.25, 0.3) is 0 Å². The van der Waals surface area contributed by atoms with Crippen LogP contribution < -0.4 is 10.1 Å². The highest BCUT2D eigenvalue weighted by Gasteiger charge is 2.04. The minimum atomic E-state index is 0.835. The molecule has 0 saturated heterocycles. The van der Waals surface area contributed by atoms with E-state index in [9.17, 15) is 0 Å². The van der Waals surface area contributed by atoms with E-state index in [1.54, 1.807) is 0 Å². The van der Waals surface area contributed by atoms with Crippen LogP contribution in [-0.2, 0) is 13.0 Å². The summed E-state index contributed by atoms with van der Waals surface area (Å²) in [5, 5.41) is 3.34. The Kier molecular flexibility index (Phi) is 6.29. The lowest BCUT2D eigenvalue weighted by molar-refractivity contribution is 0.473. The Morgan fingerprint density at radius 2 is 1.71 bits per heavy atom. The molecule has 0 unspecified atom stereocenters. The maximum Gasteiger partial charge on any atom is 0.131 e. The average Bonchev–Trinajstić information content (AvgIpc) is 2.53. The molecule has 112 valence electrons. The van der Waals surface area contributed by atoms with E-state index in [-0.39, 0.29) is 0 Å². The molecule has 0 saturated carbocycles. The number of para-hydroxylation sites is 1. The summed E-state index contributed by atoms with van der Waals surface area (Å²) in [6.45, 7) is 6.12. The van der Waals surface area contributed by atoms with Gasteiger partial charge in [-0.1, -0.05) is 50.6 Å². The Balaban J connectivity index is 2.04. The predicted octanol–water partition coefficient (Wildman–Crippen LogP) is 4.93. The lowest BCUT2D eigenvalue weighted by Crippen LogP contribution is -2.12. The van der Waals surface area contributed by atoms with Crippen LogP contribution in [0.1, 0.15) is 37.8 Å². The number of rotatable bonds is 8. The summed E-state index contributed by atoms with van der Waals surface area (Å²) < 4.78 is 6.03. The molecule has 2 heteroatoms. The van der Waals surface area contributed by atoms with E-state index < -0.39 is 0 Å². The zero-order valence-electron chi connectivity index (χ0n) is 13.1. The molecular formula is C19H25NO. The Morgan fingerprint density at radius 3 is 2.43 bits per heavy atom. The number of nitrogens with one attached hydrogen (secondary N) is 1. The molecule has 0 bridgehead atoms. The molecular weight excluding hydrogens is 258 g/mol. The molecule has 0 aliphatic heterocycles. The van der Waals surface area contributed by atoms with E-state index in [2.05, 4.69) is 49.5 Å². The van der Waals surface area contributed by atoms with Crippen molar-refractivity contribution in [3.05, 3.63) is 59.7 Å². The molecule has 2 aromatic carbocycles. The molecule has 0 aromatic heterocycles. The Hall–Kier alpha value is -1.80. The third-order valence-corrected chi connectivity index (χ3v) is 3.51. The van der Waals surface area contributed by atoms with Gasteiger partial charge in [-0.25, -0.2) is 0 Å². The average molecular weight is 283 g/mol. The quantitative estimate of drug-likeness (QED) is 0.741. The van der Waals surface area contributed by atoms with Crippen molar-refractivity contribution < 1.29 is 4.74 Å². The van der Waals surface area contributed by atoms with Crippen molar-refractivity contribution in [2.45, 2.75) is 39.7 Å². The Morgan fingerprint density at radius 1 is 0.952 bits per heavy atom. The van der Waals surface area contributed by atoms with Crippen LogP contribution in [0.4, 0.5) is 0 Å². The maximum absolute atomic E-state index is 6.03. The van der Waals surface area contributed by atoms with Gasteiger partial charge in [0.2, 0.25) is 0 Å². The number of ether oxygens (including phenoxy) is 1. The molecule has 2 nitrogen and oxygen atoms in total. The third kappa shape index (κ3) is 4.91. The minimum Gasteiger partial charge on any atom is -0.457 e. The van der Waals surface area contributed by atoms with Crippen LogP contribution in [-0.4, -0.2) is 6.54 Å². The zero-order valence-corrected chi connectivity index (χ0v) is 13.1. The second-order valence-electron chi connectivity index (χ2n) is 5.24. The molecule has 0 aliphatic rings. The van der Waals surface area contributed by atoms with Crippen molar-refractivity contribution in [2.75, 3.05) is 6.54 Å². The number of aryl methyl sites for hydroxylation is 1. The summed E-state index contributed by atoms with van der Waals surface area (Å²) in [5.41, 5.74) is 2.57. The zero-order chi connectivity index (χ0) is 14.9. The largest absolute Gasteiger partial charge is 0.457 e. The minimum absolute atomic E-state index is 0.835. The van der Waals surface area contributed by atoms with Gasteiger partial charge in [0.15, 0.2) is 0 Å². The molecule has 2 aromatic rings. The summed E-state index contributed by atoms with van der Waals surface area (Å²) in [4.78, 5) is 0. The number of unbranched alkanes of at least 4 members (excludes halogenated alkanes) is 1. The summed E-state index contributed by atoms with van der Waals surface area (Å²) >= 11 is 0. The SMILES string of the molecule is CCCCc1ccc(Oc2ccccc2CNCC)cc1. The monoisotopic (exact) mass is 283 g/mol. The molecule has 0 fully saturated rings. The first-order valence-corrected chi connectivity index (χ1v) is 7.89. The van der Waals surface area contributed by atoms with Crippen LogP contribution in [0, 0.1) is 0 Å². The molecule has 1 N–H and O–H groups in total. The number of hydrogen-bond donors (Lipinski definition) is 1. The second-order valence-corrected chi connectivity index (χ2v) is 5.24. The maximum atomic E-state index is 6.03. The smallest absolute Gasteiger partial charge is 0.131 e. The van der Waals surface area contributed by atoms with E-state index in [0.717, 1.165) is 31.0 Å². The van der Waals surface area contributed by atoms with Crippen molar-refractivity contribution in [3.63, 3.8) is 0 Å². The predicted molar refractivity (Wildman–Crippen MR) is 89.0 cm³/mol. The van der Waals surface area contributed by atoms with Crippen LogP contribution >= 0.6 is 0 Å². The highest BCUT2D eigenvalue weighted by Crippen LogP contribution is 2.25. The van der Waals surface area contributed by atoms with Gasteiger partial charge in [0.05, 0.1) is 0 Å². The lowest BCUT2D eigenvalue weighted by Gasteiger charge is -2.12. The van der Waals surface area contributed by atoms with E-state index >= 15 is 0 Å². The van der Waals surface area contributed by atoms with Crippen molar-refractivity contribution >= 4 is 0 Å². The highest BCUT2D eigenvalue weighted by molar-refractivity contribution is 5.38. The highest BCUT2D eigenvalue weighted by atomic mass is 16.5. The van der Waals surface area contributed by atoms with Crippen LogP contribution in [0.5, 0.6) is 11.5 Å². The molecule has 21 heavy (non-hydrogen) atoms. The van der Waals surface area contributed by atoms with Gasteiger partial charge in [0.1, 0.15) is 11.5 Å². The number of hydrogen-bond acceptors (Lipinski definition) is 2. The van der Waals surface area contributed by atoms with E-state index in [1.165, 1.54) is 24.0 Å². The summed E-state index contributed by atoms with van der Waals surface area (Å²) in [5.74, 6) is 1.83. The number of benzene rings is 2. The van der Waals surface area contributed by atoms with Gasteiger partial charge in [-0.15, -0.1) is 0 Å². The summed E-state index contributed by atoms with van der Waals surface area (Å²) in [6, 6.07) is 16.7. The molecule has 2 rings (SSSR count). The van der Waals surface area contributed by atoms with Crippen LogP contribution in [0.2, 0.25) is 0 Å². The van der Waals surface area contributed by atoms with E-state index in [1.807, 2.05) is 18.2 Å². The molecule has 0 amide bonds. The third-order valence-electron chi connectivity index (χ3n) is 3.51.